The molecule has 15 heteroatoms. The molecule has 12 nitrogen and oxygen atoms in total. The minimum Gasteiger partial charge on any atom is -0.505 e. The maximum absolute atomic E-state index is 15.2. The second-order valence-corrected chi connectivity index (χ2v) is 6.87. The van der Waals surface area contributed by atoms with Crippen molar-refractivity contribution in [2.45, 2.75) is 0 Å². The quantitative estimate of drug-likeness (QED) is 0.105. The average Bonchev–Trinajstić information content (AvgIpc) is 2.75. The van der Waals surface area contributed by atoms with Crippen LogP contribution in [-0.4, -0.2) is 56.9 Å². The van der Waals surface area contributed by atoms with Gasteiger partial charge in [-0.05, 0) is 15.9 Å². The largest absolute Gasteiger partial charge is 0.505 e. The second kappa shape index (κ2) is 9.93. The lowest BCUT2D eigenvalue weighted by Gasteiger charge is -2.21. The standard InChI is InChI=1S/C16H17BrClFN4O8/c1-20-11-10(22-30)7(19)8(4(12(11)25)16(29)23-31-3-2-24)21-9-6(18)13(26)5(17)14(27)15(9)28/h20-22,24-28,30H,2-3H2,1H3,(H,23,29). The summed E-state index contributed by atoms with van der Waals surface area (Å²) in [5.41, 5.74) is 0.0202. The number of rotatable bonds is 8. The summed E-state index contributed by atoms with van der Waals surface area (Å²) in [5, 5.41) is 62.7. The zero-order valence-electron chi connectivity index (χ0n) is 15.5. The van der Waals surface area contributed by atoms with Gasteiger partial charge in [0.1, 0.15) is 32.1 Å². The van der Waals surface area contributed by atoms with Crippen molar-refractivity contribution in [1.82, 2.24) is 5.48 Å². The highest BCUT2D eigenvalue weighted by atomic mass is 79.9. The Hall–Kier alpha value is -2.91. The Balaban J connectivity index is 2.77. The van der Waals surface area contributed by atoms with Gasteiger partial charge in [0.25, 0.3) is 5.91 Å². The molecule has 0 heterocycles. The third-order valence-corrected chi connectivity index (χ3v) is 5.03. The highest BCUT2D eigenvalue weighted by Crippen LogP contribution is 2.53. The topological polar surface area (TPSA) is 196 Å². The first-order chi connectivity index (χ1) is 14.6. The molecule has 0 aliphatic rings. The molecule has 0 saturated carbocycles. The number of hydroxylamine groups is 1. The van der Waals surface area contributed by atoms with Crippen LogP contribution >= 0.6 is 27.5 Å². The van der Waals surface area contributed by atoms with Gasteiger partial charge < -0.3 is 36.2 Å². The summed E-state index contributed by atoms with van der Waals surface area (Å²) >= 11 is 8.76. The summed E-state index contributed by atoms with van der Waals surface area (Å²) in [6.07, 6.45) is 0. The summed E-state index contributed by atoms with van der Waals surface area (Å²) in [4.78, 5) is 17.2. The van der Waals surface area contributed by atoms with Gasteiger partial charge in [-0.3, -0.25) is 20.3 Å². The predicted molar refractivity (Wildman–Crippen MR) is 111 cm³/mol. The molecule has 0 radical (unpaired) electrons. The number of aromatic hydroxyl groups is 4. The fraction of sp³-hybridized carbons (Fsp3) is 0.188. The number of amides is 1. The first kappa shape index (κ1) is 24.4. The first-order valence-corrected chi connectivity index (χ1v) is 9.37. The Morgan fingerprint density at radius 1 is 1.06 bits per heavy atom. The molecule has 0 bridgehead atoms. The Morgan fingerprint density at radius 3 is 2.26 bits per heavy atom. The molecule has 2 rings (SSSR count). The Bertz CT molecular complexity index is 997. The lowest BCUT2D eigenvalue weighted by Crippen LogP contribution is -2.26. The van der Waals surface area contributed by atoms with Gasteiger partial charge in [-0.2, -0.15) is 0 Å². The molecule has 0 aliphatic heterocycles. The van der Waals surface area contributed by atoms with Crippen LogP contribution in [0.5, 0.6) is 23.0 Å². The van der Waals surface area contributed by atoms with E-state index in [9.17, 15) is 30.4 Å². The number of hydrogen-bond donors (Lipinski definition) is 10. The van der Waals surface area contributed by atoms with Crippen LogP contribution in [0.1, 0.15) is 10.4 Å². The number of aliphatic hydroxyl groups is 1. The van der Waals surface area contributed by atoms with E-state index in [1.54, 1.807) is 0 Å². The van der Waals surface area contributed by atoms with Crippen molar-refractivity contribution in [2.75, 3.05) is 36.4 Å². The number of carbonyl (C=O) groups excluding carboxylic acids is 1. The molecule has 0 aromatic heterocycles. The predicted octanol–water partition coefficient (Wildman–Crippen LogP) is 2.30. The van der Waals surface area contributed by atoms with Crippen molar-refractivity contribution in [3.8, 4) is 23.0 Å². The Labute approximate surface area is 186 Å². The molecular formula is C16H17BrClFN4O8. The Kier molecular flexibility index (Phi) is 7.80. The van der Waals surface area contributed by atoms with Crippen LogP contribution in [0.2, 0.25) is 5.02 Å². The second-order valence-electron chi connectivity index (χ2n) is 5.70. The van der Waals surface area contributed by atoms with E-state index in [2.05, 4.69) is 31.4 Å². The van der Waals surface area contributed by atoms with Gasteiger partial charge in [0.2, 0.25) is 0 Å². The van der Waals surface area contributed by atoms with Crippen LogP contribution in [0.15, 0.2) is 4.47 Å². The van der Waals surface area contributed by atoms with Crippen molar-refractivity contribution in [1.29, 1.82) is 0 Å². The maximum Gasteiger partial charge on any atom is 0.280 e. The fourth-order valence-corrected chi connectivity index (χ4v) is 3.23. The number of anilines is 4. The summed E-state index contributed by atoms with van der Waals surface area (Å²) in [5.74, 6) is -5.93. The molecular weight excluding hydrogens is 511 g/mol. The number of nitrogens with one attached hydrogen (secondary N) is 4. The van der Waals surface area contributed by atoms with E-state index in [1.165, 1.54) is 12.5 Å². The van der Waals surface area contributed by atoms with E-state index >= 15 is 4.39 Å². The number of phenols is 4. The van der Waals surface area contributed by atoms with E-state index in [4.69, 9.17) is 16.7 Å². The molecule has 170 valence electrons. The normalized spacial score (nSPS) is 10.6. The summed E-state index contributed by atoms with van der Waals surface area (Å²) in [7, 11) is 1.26. The third kappa shape index (κ3) is 4.42. The minimum atomic E-state index is -1.34. The monoisotopic (exact) mass is 526 g/mol. The van der Waals surface area contributed by atoms with Gasteiger partial charge in [-0.25, -0.2) is 9.87 Å². The summed E-state index contributed by atoms with van der Waals surface area (Å²) < 4.78 is 14.8. The maximum atomic E-state index is 15.2. The van der Waals surface area contributed by atoms with Gasteiger partial charge >= 0.3 is 0 Å². The molecule has 2 aromatic carbocycles. The fourth-order valence-electron chi connectivity index (χ4n) is 2.50. The number of carbonyl (C=O) groups is 1. The highest BCUT2D eigenvalue weighted by Gasteiger charge is 2.30. The Morgan fingerprint density at radius 2 is 1.71 bits per heavy atom. The van der Waals surface area contributed by atoms with E-state index in [-0.39, 0.29) is 11.1 Å². The SMILES string of the molecule is CNc1c(O)c(C(=O)NOCCO)c(Nc2c(O)c(O)c(Br)c(O)c2Cl)c(F)c1NO. The first-order valence-electron chi connectivity index (χ1n) is 8.20. The molecule has 0 spiro atoms. The zero-order chi connectivity index (χ0) is 23.5. The van der Waals surface area contributed by atoms with Gasteiger partial charge in [0, 0.05) is 7.05 Å². The summed E-state index contributed by atoms with van der Waals surface area (Å²) in [6, 6.07) is 0. The van der Waals surface area contributed by atoms with Gasteiger partial charge in [-0.1, -0.05) is 11.6 Å². The average molecular weight is 528 g/mol. The molecule has 0 atom stereocenters. The lowest BCUT2D eigenvalue weighted by atomic mass is 10.1. The third-order valence-electron chi connectivity index (χ3n) is 3.91. The molecule has 10 N–H and O–H groups in total. The van der Waals surface area contributed by atoms with Gasteiger partial charge in [-0.15, -0.1) is 0 Å². The molecule has 0 fully saturated rings. The van der Waals surface area contributed by atoms with Gasteiger partial charge in [0.15, 0.2) is 28.8 Å². The molecule has 0 unspecified atom stereocenters. The highest BCUT2D eigenvalue weighted by molar-refractivity contribution is 9.10. The van der Waals surface area contributed by atoms with Crippen LogP contribution in [0.25, 0.3) is 0 Å². The van der Waals surface area contributed by atoms with Crippen molar-refractivity contribution >= 4 is 56.2 Å². The van der Waals surface area contributed by atoms with Crippen molar-refractivity contribution in [2.24, 2.45) is 0 Å². The molecule has 0 saturated heterocycles. The van der Waals surface area contributed by atoms with E-state index < -0.39 is 74.7 Å². The minimum absolute atomic E-state index is 0.325. The number of benzene rings is 2. The lowest BCUT2D eigenvalue weighted by molar-refractivity contribution is 0.0167. The number of aliphatic hydroxyl groups excluding tert-OH is 1. The molecule has 1 amide bonds. The number of phenolic OH excluding ortho intramolecular Hbond substituents is 4. The summed E-state index contributed by atoms with van der Waals surface area (Å²) in [6.45, 7) is -0.782. The van der Waals surface area contributed by atoms with Crippen molar-refractivity contribution < 1.29 is 44.8 Å². The van der Waals surface area contributed by atoms with Crippen LogP contribution in [0.3, 0.4) is 0 Å². The van der Waals surface area contributed by atoms with Crippen LogP contribution in [0, 0.1) is 5.82 Å². The van der Waals surface area contributed by atoms with E-state index in [0.717, 1.165) is 0 Å². The molecule has 2 aromatic rings. The molecule has 0 aliphatic carbocycles. The van der Waals surface area contributed by atoms with E-state index in [0.29, 0.717) is 0 Å². The smallest absolute Gasteiger partial charge is 0.280 e. The van der Waals surface area contributed by atoms with Crippen molar-refractivity contribution in [3.63, 3.8) is 0 Å². The van der Waals surface area contributed by atoms with E-state index in [1.807, 2.05) is 5.48 Å². The number of hydrogen-bond acceptors (Lipinski definition) is 11. The zero-order valence-corrected chi connectivity index (χ0v) is 17.9. The van der Waals surface area contributed by atoms with Crippen LogP contribution < -0.4 is 21.6 Å². The van der Waals surface area contributed by atoms with Gasteiger partial charge in [0.05, 0.1) is 18.9 Å². The van der Waals surface area contributed by atoms with Crippen molar-refractivity contribution in [3.05, 3.63) is 20.9 Å². The van der Waals surface area contributed by atoms with Crippen LogP contribution in [-0.2, 0) is 4.84 Å². The molecule has 31 heavy (non-hydrogen) atoms. The number of halogens is 3. The van der Waals surface area contributed by atoms with Crippen LogP contribution in [0.4, 0.5) is 27.1 Å².